The first-order valence-corrected chi connectivity index (χ1v) is 8.53. The molecule has 5 N–H and O–H groups in total. The van der Waals surface area contributed by atoms with Gasteiger partial charge in [0.1, 0.15) is 11.7 Å². The number of nitrogens with two attached hydrogens (primary N) is 1. The molecule has 0 saturated carbocycles. The quantitative estimate of drug-likeness (QED) is 0.533. The number of amides is 1. The predicted octanol–water partition coefficient (Wildman–Crippen LogP) is 2.04. The Morgan fingerprint density at radius 1 is 1.15 bits per heavy atom. The van der Waals surface area contributed by atoms with Crippen LogP contribution in [0.5, 0.6) is 0 Å². The van der Waals surface area contributed by atoms with Gasteiger partial charge < -0.3 is 26.0 Å². The van der Waals surface area contributed by atoms with Crippen molar-refractivity contribution in [2.45, 2.75) is 6.04 Å². The van der Waals surface area contributed by atoms with E-state index in [1.807, 2.05) is 61.5 Å². The van der Waals surface area contributed by atoms with E-state index in [4.69, 9.17) is 10.8 Å². The van der Waals surface area contributed by atoms with E-state index >= 15 is 0 Å². The Hall–Kier alpha value is -3.32. The number of rotatable bonds is 6. The smallest absolute Gasteiger partial charge is 0.322 e. The molecule has 3 rings (SSSR count). The Labute approximate surface area is 156 Å². The third-order valence-electron chi connectivity index (χ3n) is 4.38. The molecule has 1 aromatic heterocycles. The van der Waals surface area contributed by atoms with Gasteiger partial charge in [-0.3, -0.25) is 9.59 Å². The molecule has 27 heavy (non-hydrogen) atoms. The third kappa shape index (κ3) is 3.78. The summed E-state index contributed by atoms with van der Waals surface area (Å²) in [7, 11) is 3.97. The number of nitrogens with one attached hydrogen (secondary N) is 2. The lowest BCUT2D eigenvalue weighted by atomic mass is 9.99. The third-order valence-corrected chi connectivity index (χ3v) is 4.38. The summed E-state index contributed by atoms with van der Waals surface area (Å²) in [6.07, 6.45) is 0. The minimum Gasteiger partial charge on any atom is -0.480 e. The van der Waals surface area contributed by atoms with Crippen LogP contribution in [0, 0.1) is 0 Å². The molecule has 7 nitrogen and oxygen atoms in total. The van der Waals surface area contributed by atoms with E-state index in [2.05, 4.69) is 10.3 Å². The van der Waals surface area contributed by atoms with Gasteiger partial charge in [-0.25, -0.2) is 0 Å². The van der Waals surface area contributed by atoms with Gasteiger partial charge in [0.05, 0.1) is 0 Å². The van der Waals surface area contributed by atoms with Crippen molar-refractivity contribution in [1.29, 1.82) is 0 Å². The first-order chi connectivity index (χ1) is 12.9. The van der Waals surface area contributed by atoms with Crippen LogP contribution >= 0.6 is 0 Å². The number of carbonyl (C=O) groups is 2. The zero-order valence-electron chi connectivity index (χ0n) is 15.2. The molecule has 0 aliphatic heterocycles. The second kappa shape index (κ2) is 7.51. The fourth-order valence-corrected chi connectivity index (χ4v) is 2.99. The number of carboxylic acids is 1. The van der Waals surface area contributed by atoms with Crippen LogP contribution in [0.3, 0.4) is 0 Å². The Kier molecular flexibility index (Phi) is 5.14. The monoisotopic (exact) mass is 366 g/mol. The summed E-state index contributed by atoms with van der Waals surface area (Å²) in [6, 6.07) is 14.5. The van der Waals surface area contributed by atoms with Gasteiger partial charge in [0.2, 0.25) is 0 Å². The van der Waals surface area contributed by atoms with E-state index in [-0.39, 0.29) is 6.54 Å². The van der Waals surface area contributed by atoms with Crippen molar-refractivity contribution >= 4 is 28.5 Å². The van der Waals surface area contributed by atoms with Crippen LogP contribution in [0.25, 0.3) is 22.0 Å². The average Bonchev–Trinajstić information content (AvgIpc) is 3.10. The van der Waals surface area contributed by atoms with Crippen LogP contribution in [0.1, 0.15) is 10.5 Å². The minimum absolute atomic E-state index is 0.139. The molecule has 2 aromatic carbocycles. The molecule has 3 aromatic rings. The lowest BCUT2D eigenvalue weighted by Crippen LogP contribution is -2.42. The van der Waals surface area contributed by atoms with Crippen LogP contribution in [-0.2, 0) is 4.79 Å². The number of nitrogens with zero attached hydrogens (tertiary/aromatic N) is 1. The lowest BCUT2D eigenvalue weighted by Gasteiger charge is -2.18. The predicted molar refractivity (Wildman–Crippen MR) is 106 cm³/mol. The summed E-state index contributed by atoms with van der Waals surface area (Å²) in [5.74, 6) is -1.55. The molecule has 0 fully saturated rings. The molecular formula is C20H22N4O3. The molecular weight excluding hydrogens is 344 g/mol. The van der Waals surface area contributed by atoms with Gasteiger partial charge in [0.25, 0.3) is 5.91 Å². The number of aromatic nitrogens is 1. The number of carbonyl (C=O) groups excluding carboxylic acids is 1. The van der Waals surface area contributed by atoms with E-state index in [1.165, 1.54) is 0 Å². The molecule has 140 valence electrons. The number of aromatic amines is 1. The van der Waals surface area contributed by atoms with Gasteiger partial charge in [0, 0.05) is 42.8 Å². The molecule has 0 aliphatic rings. The van der Waals surface area contributed by atoms with Crippen molar-refractivity contribution in [2.24, 2.45) is 5.73 Å². The zero-order valence-corrected chi connectivity index (χ0v) is 15.2. The van der Waals surface area contributed by atoms with Gasteiger partial charge in [0.15, 0.2) is 0 Å². The Balaban J connectivity index is 1.97. The Morgan fingerprint density at radius 2 is 1.85 bits per heavy atom. The van der Waals surface area contributed by atoms with Crippen molar-refractivity contribution in [2.75, 3.05) is 25.5 Å². The summed E-state index contributed by atoms with van der Waals surface area (Å²) < 4.78 is 0. The fourth-order valence-electron chi connectivity index (χ4n) is 2.99. The van der Waals surface area contributed by atoms with Crippen molar-refractivity contribution in [3.8, 4) is 11.1 Å². The molecule has 0 saturated heterocycles. The molecule has 7 heteroatoms. The summed E-state index contributed by atoms with van der Waals surface area (Å²) >= 11 is 0. The zero-order chi connectivity index (χ0) is 19.6. The molecule has 1 heterocycles. The standard InChI is InChI=1S/C20H22N4O3/c1-24(2)18-9-4-3-6-13(18)12-7-5-8-16-14(12)10-17(23-16)19(25)22-11-15(21)20(26)27/h3-10,15,23H,11,21H2,1-2H3,(H,22,25)(H,26,27). The second-order valence-electron chi connectivity index (χ2n) is 6.52. The minimum atomic E-state index is -1.16. The largest absolute Gasteiger partial charge is 0.480 e. The van der Waals surface area contributed by atoms with Crippen molar-refractivity contribution in [3.05, 3.63) is 54.2 Å². The highest BCUT2D eigenvalue weighted by molar-refractivity contribution is 6.04. The number of H-pyrrole nitrogens is 1. The van der Waals surface area contributed by atoms with Gasteiger partial charge in [-0.15, -0.1) is 0 Å². The fraction of sp³-hybridized carbons (Fsp3) is 0.200. The highest BCUT2D eigenvalue weighted by atomic mass is 16.4. The summed E-state index contributed by atoms with van der Waals surface area (Å²) in [5.41, 5.74) is 9.76. The average molecular weight is 366 g/mol. The second-order valence-corrected chi connectivity index (χ2v) is 6.52. The van der Waals surface area contributed by atoms with E-state index in [0.717, 1.165) is 27.7 Å². The summed E-state index contributed by atoms with van der Waals surface area (Å²) in [5, 5.41) is 12.3. The van der Waals surface area contributed by atoms with Gasteiger partial charge >= 0.3 is 5.97 Å². The van der Waals surface area contributed by atoms with Crippen LogP contribution in [0.2, 0.25) is 0 Å². The molecule has 1 amide bonds. The van der Waals surface area contributed by atoms with Crippen LogP contribution in [0.4, 0.5) is 5.69 Å². The maximum Gasteiger partial charge on any atom is 0.322 e. The topological polar surface area (TPSA) is 111 Å². The number of anilines is 1. The molecule has 0 aliphatic carbocycles. The maximum atomic E-state index is 12.4. The van der Waals surface area contributed by atoms with Crippen molar-refractivity contribution in [3.63, 3.8) is 0 Å². The highest BCUT2D eigenvalue weighted by Gasteiger charge is 2.17. The van der Waals surface area contributed by atoms with E-state index in [9.17, 15) is 9.59 Å². The number of benzene rings is 2. The normalized spacial score (nSPS) is 12.0. The van der Waals surface area contributed by atoms with Crippen LogP contribution < -0.4 is 16.0 Å². The first-order valence-electron chi connectivity index (χ1n) is 8.53. The van der Waals surface area contributed by atoms with Crippen molar-refractivity contribution < 1.29 is 14.7 Å². The molecule has 0 spiro atoms. The number of aliphatic carboxylic acids is 1. The highest BCUT2D eigenvalue weighted by Crippen LogP contribution is 2.35. The van der Waals surface area contributed by atoms with E-state index < -0.39 is 17.9 Å². The number of fused-ring (bicyclic) bond motifs is 1. The van der Waals surface area contributed by atoms with Gasteiger partial charge in [-0.05, 0) is 23.8 Å². The maximum absolute atomic E-state index is 12.4. The number of hydrogen-bond donors (Lipinski definition) is 4. The lowest BCUT2D eigenvalue weighted by molar-refractivity contribution is -0.138. The summed E-state index contributed by atoms with van der Waals surface area (Å²) in [6.45, 7) is -0.139. The van der Waals surface area contributed by atoms with Crippen LogP contribution in [-0.4, -0.2) is 48.6 Å². The molecule has 1 atom stereocenters. The van der Waals surface area contributed by atoms with Gasteiger partial charge in [-0.1, -0.05) is 30.3 Å². The Bertz CT molecular complexity index is 994. The van der Waals surface area contributed by atoms with E-state index in [1.54, 1.807) is 6.07 Å². The summed E-state index contributed by atoms with van der Waals surface area (Å²) in [4.78, 5) is 28.3. The van der Waals surface area contributed by atoms with Crippen LogP contribution in [0.15, 0.2) is 48.5 Å². The molecule has 0 bridgehead atoms. The SMILES string of the molecule is CN(C)c1ccccc1-c1cccc2[nH]c(C(=O)NCC(N)C(=O)O)cc12. The Morgan fingerprint density at radius 3 is 2.56 bits per heavy atom. The number of carboxylic acid groups (broad SMARTS) is 1. The number of hydrogen-bond acceptors (Lipinski definition) is 4. The van der Waals surface area contributed by atoms with Crippen molar-refractivity contribution in [1.82, 2.24) is 10.3 Å². The molecule has 1 unspecified atom stereocenters. The first kappa shape index (κ1) is 18.5. The van der Waals surface area contributed by atoms with Gasteiger partial charge in [-0.2, -0.15) is 0 Å². The van der Waals surface area contributed by atoms with E-state index in [0.29, 0.717) is 5.69 Å². The number of para-hydroxylation sites is 1. The molecule has 0 radical (unpaired) electrons.